The summed E-state index contributed by atoms with van der Waals surface area (Å²) in [6.07, 6.45) is 8.20. The summed E-state index contributed by atoms with van der Waals surface area (Å²) in [5.41, 5.74) is 0. The Morgan fingerprint density at radius 2 is 1.45 bits per heavy atom. The molecule has 2 nitrogen and oxygen atoms in total. The molecule has 0 aromatic rings. The maximum Gasteiger partial charge on any atom is 0.148 e. The van der Waals surface area contributed by atoms with Crippen LogP contribution in [0.5, 0.6) is 0 Å². The third-order valence-corrected chi connectivity index (χ3v) is 1.61. The van der Waals surface area contributed by atoms with Gasteiger partial charge in [0.25, 0.3) is 0 Å². The number of hydrogen-bond donors (Lipinski definition) is 0. The fourth-order valence-electron chi connectivity index (χ4n) is 1.10. The zero-order valence-corrected chi connectivity index (χ0v) is 6.99. The van der Waals surface area contributed by atoms with Crippen molar-refractivity contribution in [3.8, 4) is 0 Å². The highest BCUT2D eigenvalue weighted by Crippen LogP contribution is 2.15. The molecule has 0 radical (unpaired) electrons. The largest absolute Gasteiger partial charge is 0.345 e. The van der Waals surface area contributed by atoms with Gasteiger partial charge in [0.1, 0.15) is 19.0 Å². The minimum absolute atomic E-state index is 0.108. The second kappa shape index (κ2) is 4.31. The van der Waals surface area contributed by atoms with Gasteiger partial charge in [0.15, 0.2) is 0 Å². The average Bonchev–Trinajstić information content (AvgIpc) is 2.39. The molecule has 0 spiro atoms. The predicted molar refractivity (Wildman–Crippen MR) is 44.2 cm³/mol. The molecule has 0 aliphatic carbocycles. The SMILES string of the molecule is CC=CC1OCOC1C=CC. The van der Waals surface area contributed by atoms with Crippen molar-refractivity contribution in [1.82, 2.24) is 0 Å². The van der Waals surface area contributed by atoms with Crippen LogP contribution in [0.15, 0.2) is 24.3 Å². The van der Waals surface area contributed by atoms with Gasteiger partial charge in [0.2, 0.25) is 0 Å². The molecule has 1 aliphatic heterocycles. The Bertz CT molecular complexity index is 143. The summed E-state index contributed by atoms with van der Waals surface area (Å²) < 4.78 is 10.6. The summed E-state index contributed by atoms with van der Waals surface area (Å²) in [5, 5.41) is 0. The molecule has 0 aromatic heterocycles. The molecule has 1 rings (SSSR count). The Morgan fingerprint density at radius 1 is 1.00 bits per heavy atom. The van der Waals surface area contributed by atoms with E-state index in [2.05, 4.69) is 0 Å². The average molecular weight is 154 g/mol. The van der Waals surface area contributed by atoms with Crippen molar-refractivity contribution >= 4 is 0 Å². The molecule has 1 aliphatic rings. The first-order chi connectivity index (χ1) is 5.38. The summed E-state index contributed by atoms with van der Waals surface area (Å²) in [6.45, 7) is 4.37. The topological polar surface area (TPSA) is 18.5 Å². The van der Waals surface area contributed by atoms with Gasteiger partial charge in [0, 0.05) is 0 Å². The molecule has 11 heavy (non-hydrogen) atoms. The fraction of sp³-hybridized carbons (Fsp3) is 0.556. The van der Waals surface area contributed by atoms with Crippen LogP contribution >= 0.6 is 0 Å². The first-order valence-corrected chi connectivity index (χ1v) is 3.87. The van der Waals surface area contributed by atoms with E-state index in [1.165, 1.54) is 0 Å². The summed E-state index contributed by atoms with van der Waals surface area (Å²) in [5.74, 6) is 0. The van der Waals surface area contributed by atoms with E-state index in [0.717, 1.165) is 0 Å². The highest BCUT2D eigenvalue weighted by Gasteiger charge is 2.23. The molecule has 0 amide bonds. The summed E-state index contributed by atoms with van der Waals surface area (Å²) in [7, 11) is 0. The van der Waals surface area contributed by atoms with E-state index in [9.17, 15) is 0 Å². The first kappa shape index (κ1) is 8.50. The van der Waals surface area contributed by atoms with Crippen LogP contribution < -0.4 is 0 Å². The normalized spacial score (nSPS) is 32.5. The monoisotopic (exact) mass is 154 g/mol. The first-order valence-electron chi connectivity index (χ1n) is 3.87. The van der Waals surface area contributed by atoms with E-state index >= 15 is 0 Å². The molecular formula is C9H14O2. The summed E-state index contributed by atoms with van der Waals surface area (Å²) >= 11 is 0. The maximum absolute atomic E-state index is 5.30. The van der Waals surface area contributed by atoms with Crippen molar-refractivity contribution in [3.63, 3.8) is 0 Å². The van der Waals surface area contributed by atoms with E-state index < -0.39 is 0 Å². The molecule has 1 heterocycles. The minimum Gasteiger partial charge on any atom is -0.345 e. The molecule has 0 saturated carbocycles. The molecule has 0 bridgehead atoms. The van der Waals surface area contributed by atoms with E-state index in [-0.39, 0.29) is 12.2 Å². The van der Waals surface area contributed by atoms with Crippen molar-refractivity contribution in [2.75, 3.05) is 6.79 Å². The second-order valence-electron chi connectivity index (χ2n) is 2.43. The van der Waals surface area contributed by atoms with Crippen molar-refractivity contribution in [2.45, 2.75) is 26.1 Å². The lowest BCUT2D eigenvalue weighted by Gasteiger charge is -2.07. The molecular weight excluding hydrogens is 140 g/mol. The fourth-order valence-corrected chi connectivity index (χ4v) is 1.10. The zero-order valence-electron chi connectivity index (χ0n) is 6.99. The van der Waals surface area contributed by atoms with E-state index in [1.54, 1.807) is 0 Å². The molecule has 62 valence electrons. The molecule has 2 atom stereocenters. The van der Waals surface area contributed by atoms with Gasteiger partial charge in [-0.1, -0.05) is 24.3 Å². The molecule has 2 heteroatoms. The van der Waals surface area contributed by atoms with Crippen LogP contribution in [-0.4, -0.2) is 19.0 Å². The molecule has 2 unspecified atom stereocenters. The van der Waals surface area contributed by atoms with Crippen LogP contribution in [0.3, 0.4) is 0 Å². The molecule has 1 saturated heterocycles. The van der Waals surface area contributed by atoms with Gasteiger partial charge >= 0.3 is 0 Å². The molecule has 1 fully saturated rings. The lowest BCUT2D eigenvalue weighted by Crippen LogP contribution is -2.17. The Labute approximate surface area is 67.5 Å². The Morgan fingerprint density at radius 3 is 1.82 bits per heavy atom. The molecule has 0 N–H and O–H groups in total. The number of hydrogen-bond acceptors (Lipinski definition) is 2. The highest BCUT2D eigenvalue weighted by atomic mass is 16.7. The van der Waals surface area contributed by atoms with Crippen LogP contribution in [0.4, 0.5) is 0 Å². The van der Waals surface area contributed by atoms with Gasteiger partial charge in [-0.3, -0.25) is 0 Å². The van der Waals surface area contributed by atoms with Gasteiger partial charge in [-0.15, -0.1) is 0 Å². The van der Waals surface area contributed by atoms with E-state index in [1.807, 2.05) is 38.2 Å². The van der Waals surface area contributed by atoms with Crippen LogP contribution in [-0.2, 0) is 9.47 Å². The van der Waals surface area contributed by atoms with Gasteiger partial charge < -0.3 is 9.47 Å². The Hall–Kier alpha value is -0.600. The van der Waals surface area contributed by atoms with Crippen LogP contribution in [0.1, 0.15) is 13.8 Å². The van der Waals surface area contributed by atoms with Crippen molar-refractivity contribution in [3.05, 3.63) is 24.3 Å². The third-order valence-electron chi connectivity index (χ3n) is 1.61. The zero-order chi connectivity index (χ0) is 8.10. The van der Waals surface area contributed by atoms with E-state index in [0.29, 0.717) is 6.79 Å². The number of allylic oxidation sites excluding steroid dienone is 2. The van der Waals surface area contributed by atoms with Crippen LogP contribution in [0.2, 0.25) is 0 Å². The van der Waals surface area contributed by atoms with Crippen molar-refractivity contribution in [2.24, 2.45) is 0 Å². The van der Waals surface area contributed by atoms with Gasteiger partial charge in [-0.05, 0) is 13.8 Å². The lowest BCUT2D eigenvalue weighted by molar-refractivity contribution is 0.0500. The van der Waals surface area contributed by atoms with Crippen molar-refractivity contribution < 1.29 is 9.47 Å². The lowest BCUT2D eigenvalue weighted by atomic mass is 10.2. The van der Waals surface area contributed by atoms with Gasteiger partial charge in [0.05, 0.1) is 0 Å². The van der Waals surface area contributed by atoms with Gasteiger partial charge in [-0.25, -0.2) is 0 Å². The quantitative estimate of drug-likeness (QED) is 0.565. The maximum atomic E-state index is 5.30. The highest BCUT2D eigenvalue weighted by molar-refractivity contribution is 5.02. The van der Waals surface area contributed by atoms with E-state index in [4.69, 9.17) is 9.47 Å². The second-order valence-corrected chi connectivity index (χ2v) is 2.43. The number of ether oxygens (including phenoxy) is 2. The summed E-state index contributed by atoms with van der Waals surface area (Å²) in [4.78, 5) is 0. The van der Waals surface area contributed by atoms with Crippen molar-refractivity contribution in [1.29, 1.82) is 0 Å². The standard InChI is InChI=1S/C9H14O2/c1-3-5-8-9(6-4-2)11-7-10-8/h3-6,8-9H,7H2,1-2H3. The van der Waals surface area contributed by atoms with Crippen LogP contribution in [0.25, 0.3) is 0 Å². The number of rotatable bonds is 2. The smallest absolute Gasteiger partial charge is 0.148 e. The molecule has 0 aromatic carbocycles. The predicted octanol–water partition coefficient (Wildman–Crippen LogP) is 1.88. The third kappa shape index (κ3) is 2.17. The van der Waals surface area contributed by atoms with Crippen LogP contribution in [0, 0.1) is 0 Å². The summed E-state index contributed by atoms with van der Waals surface area (Å²) in [6, 6.07) is 0. The van der Waals surface area contributed by atoms with Gasteiger partial charge in [-0.2, -0.15) is 0 Å². The minimum atomic E-state index is 0.108. The Kier molecular flexibility index (Phi) is 3.33. The Balaban J connectivity index is 2.50.